The molecule has 0 fully saturated rings. The van der Waals surface area contributed by atoms with Crippen molar-refractivity contribution in [2.75, 3.05) is 0 Å². The summed E-state index contributed by atoms with van der Waals surface area (Å²) in [5.74, 6) is -0.492. The number of carbonyl (C=O) groups excluding carboxylic acids is 1. The maximum Gasteiger partial charge on any atom is 0.336 e. The Morgan fingerprint density at radius 2 is 1.75 bits per heavy atom. The Balaban J connectivity index is 1.94. The summed E-state index contributed by atoms with van der Waals surface area (Å²) in [4.78, 5) is 25.0. The van der Waals surface area contributed by atoms with Crippen molar-refractivity contribution in [1.82, 2.24) is 4.72 Å². The second kappa shape index (κ2) is 9.67. The zero-order valence-corrected chi connectivity index (χ0v) is 19.4. The first-order valence-corrected chi connectivity index (χ1v) is 12.0. The number of rotatable bonds is 8. The molecular weight excluding hydrogens is 430 g/mol. The predicted octanol–water partition coefficient (Wildman–Crippen LogP) is 4.02. The number of nitrogens with one attached hydrogen (secondary N) is 1. The smallest absolute Gasteiger partial charge is 0.336 e. The van der Waals surface area contributed by atoms with Gasteiger partial charge in [0.2, 0.25) is 10.0 Å². The zero-order chi connectivity index (χ0) is 23.5. The van der Waals surface area contributed by atoms with Crippen LogP contribution >= 0.6 is 0 Å². The summed E-state index contributed by atoms with van der Waals surface area (Å²) in [6.45, 7) is 7.32. The van der Waals surface area contributed by atoms with Gasteiger partial charge in [0.1, 0.15) is 17.4 Å². The maximum atomic E-state index is 13.0. The molecule has 3 rings (SSSR count). The molecule has 7 nitrogen and oxygen atoms in total. The summed E-state index contributed by atoms with van der Waals surface area (Å²) in [7, 11) is -3.91. The van der Waals surface area contributed by atoms with Crippen LogP contribution in [0.15, 0.2) is 56.6 Å². The van der Waals surface area contributed by atoms with Crippen LogP contribution < -0.4 is 15.1 Å². The highest BCUT2D eigenvalue weighted by Crippen LogP contribution is 2.31. The summed E-state index contributed by atoms with van der Waals surface area (Å²) in [5, 5.41) is 0.543. The molecule has 0 bridgehead atoms. The molecule has 0 spiro atoms. The van der Waals surface area contributed by atoms with Crippen LogP contribution in [0.1, 0.15) is 43.4 Å². The van der Waals surface area contributed by atoms with Gasteiger partial charge in [-0.3, -0.25) is 0 Å². The molecular formula is C24H27NO6S. The van der Waals surface area contributed by atoms with Crippen molar-refractivity contribution >= 4 is 27.0 Å². The Morgan fingerprint density at radius 3 is 2.38 bits per heavy atom. The highest BCUT2D eigenvalue weighted by Gasteiger charge is 2.27. The lowest BCUT2D eigenvalue weighted by atomic mass is 10.0. The summed E-state index contributed by atoms with van der Waals surface area (Å²) in [6, 6.07) is 10.1. The SMILES string of the molecule is CCCc1cc(=O)oc2cc(C)cc(OC(=O)C(CC)NS(=O)(=O)c3ccc(C)cc3)c12. The molecule has 1 N–H and O–H groups in total. The predicted molar refractivity (Wildman–Crippen MR) is 122 cm³/mol. The first kappa shape index (κ1) is 23.7. The summed E-state index contributed by atoms with van der Waals surface area (Å²) in [5.41, 5.74) is 2.25. The van der Waals surface area contributed by atoms with Gasteiger partial charge < -0.3 is 9.15 Å². The van der Waals surface area contributed by atoms with Crippen LogP contribution in [0.3, 0.4) is 0 Å². The lowest BCUT2D eigenvalue weighted by Gasteiger charge is -2.18. The number of ether oxygens (including phenoxy) is 1. The molecule has 2 aromatic carbocycles. The Bertz CT molecular complexity index is 1290. The van der Waals surface area contributed by atoms with Crippen LogP contribution in [0, 0.1) is 13.8 Å². The molecule has 1 atom stereocenters. The van der Waals surface area contributed by atoms with E-state index in [1.807, 2.05) is 13.8 Å². The minimum atomic E-state index is -3.91. The number of hydrogen-bond donors (Lipinski definition) is 1. The number of benzene rings is 2. The quantitative estimate of drug-likeness (QED) is 0.311. The Morgan fingerprint density at radius 1 is 1.06 bits per heavy atom. The van der Waals surface area contributed by atoms with Crippen LogP contribution in [0.4, 0.5) is 0 Å². The van der Waals surface area contributed by atoms with Gasteiger partial charge in [0.25, 0.3) is 0 Å². The van der Waals surface area contributed by atoms with Crippen LogP contribution in [0.2, 0.25) is 0 Å². The Hall–Kier alpha value is -2.97. The fourth-order valence-electron chi connectivity index (χ4n) is 3.47. The van der Waals surface area contributed by atoms with E-state index in [1.165, 1.54) is 18.2 Å². The Kier molecular flexibility index (Phi) is 7.16. The summed E-state index contributed by atoms with van der Waals surface area (Å²) >= 11 is 0. The summed E-state index contributed by atoms with van der Waals surface area (Å²) in [6.07, 6.45) is 1.59. The number of carbonyl (C=O) groups is 1. The topological polar surface area (TPSA) is 103 Å². The molecule has 1 unspecified atom stereocenters. The Labute approximate surface area is 187 Å². The van der Waals surface area contributed by atoms with Crippen molar-refractivity contribution in [3.63, 3.8) is 0 Å². The molecule has 170 valence electrons. The average molecular weight is 458 g/mol. The first-order valence-electron chi connectivity index (χ1n) is 10.5. The fourth-order valence-corrected chi connectivity index (χ4v) is 4.74. The van der Waals surface area contributed by atoms with Gasteiger partial charge in [-0.15, -0.1) is 0 Å². The van der Waals surface area contributed by atoms with Gasteiger partial charge in [0.15, 0.2) is 0 Å². The molecule has 0 aliphatic rings. The highest BCUT2D eigenvalue weighted by atomic mass is 32.2. The molecule has 0 radical (unpaired) electrons. The molecule has 0 saturated carbocycles. The van der Waals surface area contributed by atoms with E-state index in [1.54, 1.807) is 38.1 Å². The third-order valence-corrected chi connectivity index (χ3v) is 6.57. The number of esters is 1. The molecule has 0 aliphatic carbocycles. The van der Waals surface area contributed by atoms with Gasteiger partial charge in [-0.1, -0.05) is 38.0 Å². The largest absolute Gasteiger partial charge is 0.425 e. The zero-order valence-electron chi connectivity index (χ0n) is 18.6. The van der Waals surface area contributed by atoms with Gasteiger partial charge in [0.05, 0.1) is 10.3 Å². The number of aryl methyl sites for hydroxylation is 3. The van der Waals surface area contributed by atoms with Gasteiger partial charge in [0, 0.05) is 6.07 Å². The molecule has 3 aromatic rings. The van der Waals surface area contributed by atoms with E-state index in [-0.39, 0.29) is 17.1 Å². The van der Waals surface area contributed by atoms with Crippen molar-refractivity contribution in [1.29, 1.82) is 0 Å². The molecule has 0 aliphatic heterocycles. The molecule has 32 heavy (non-hydrogen) atoms. The van der Waals surface area contributed by atoms with Crippen molar-refractivity contribution in [3.05, 3.63) is 69.6 Å². The number of sulfonamides is 1. The third kappa shape index (κ3) is 5.26. The van der Waals surface area contributed by atoms with Crippen molar-refractivity contribution < 1.29 is 22.4 Å². The minimum absolute atomic E-state index is 0.0716. The van der Waals surface area contributed by atoms with Crippen LogP contribution in [0.25, 0.3) is 11.0 Å². The standard InChI is InChI=1S/C24H27NO6S/c1-5-7-17-14-22(26)30-20-12-16(4)13-21(23(17)20)31-24(27)19(6-2)25-32(28,29)18-10-8-15(3)9-11-18/h8-14,19,25H,5-7H2,1-4H3. The van der Waals surface area contributed by atoms with Gasteiger partial charge in [-0.2, -0.15) is 4.72 Å². The van der Waals surface area contributed by atoms with E-state index in [0.717, 1.165) is 23.1 Å². The van der Waals surface area contributed by atoms with Crippen LogP contribution in [-0.4, -0.2) is 20.4 Å². The lowest BCUT2D eigenvalue weighted by molar-refractivity contribution is -0.136. The van der Waals surface area contributed by atoms with Crippen molar-refractivity contribution in [2.24, 2.45) is 0 Å². The van der Waals surface area contributed by atoms with Gasteiger partial charge in [-0.25, -0.2) is 18.0 Å². The maximum absolute atomic E-state index is 13.0. The van der Waals surface area contributed by atoms with Gasteiger partial charge in [-0.05, 0) is 62.1 Å². The molecule has 1 aromatic heterocycles. The van der Waals surface area contributed by atoms with E-state index in [9.17, 15) is 18.0 Å². The average Bonchev–Trinajstić information content (AvgIpc) is 2.71. The van der Waals surface area contributed by atoms with E-state index in [0.29, 0.717) is 17.4 Å². The van der Waals surface area contributed by atoms with Crippen LogP contribution in [-0.2, 0) is 21.2 Å². The van der Waals surface area contributed by atoms with E-state index in [4.69, 9.17) is 9.15 Å². The fraction of sp³-hybridized carbons (Fsp3) is 0.333. The second-order valence-corrected chi connectivity index (χ2v) is 9.51. The normalized spacial score (nSPS) is 12.6. The van der Waals surface area contributed by atoms with Crippen LogP contribution in [0.5, 0.6) is 5.75 Å². The molecule has 1 heterocycles. The summed E-state index contributed by atoms with van der Waals surface area (Å²) < 4.78 is 38.9. The molecule has 8 heteroatoms. The van der Waals surface area contributed by atoms with E-state index in [2.05, 4.69) is 4.72 Å². The third-order valence-electron chi connectivity index (χ3n) is 5.09. The van der Waals surface area contributed by atoms with E-state index >= 15 is 0 Å². The first-order chi connectivity index (χ1) is 15.1. The molecule has 0 amide bonds. The lowest BCUT2D eigenvalue weighted by Crippen LogP contribution is -2.42. The highest BCUT2D eigenvalue weighted by molar-refractivity contribution is 7.89. The minimum Gasteiger partial charge on any atom is -0.425 e. The molecule has 0 saturated heterocycles. The number of fused-ring (bicyclic) bond motifs is 1. The van der Waals surface area contributed by atoms with Crippen molar-refractivity contribution in [3.8, 4) is 5.75 Å². The van der Waals surface area contributed by atoms with E-state index < -0.39 is 27.7 Å². The van der Waals surface area contributed by atoms with Gasteiger partial charge >= 0.3 is 11.6 Å². The monoisotopic (exact) mass is 457 g/mol. The van der Waals surface area contributed by atoms with Crippen molar-refractivity contribution in [2.45, 2.75) is 57.9 Å². The second-order valence-electron chi connectivity index (χ2n) is 7.79. The number of hydrogen-bond acceptors (Lipinski definition) is 6.